The van der Waals surface area contributed by atoms with Gasteiger partial charge in [-0.05, 0) is 138 Å². The maximum atomic E-state index is 5.62. The number of para-hydroxylation sites is 6. The van der Waals surface area contributed by atoms with Crippen molar-refractivity contribution in [2.75, 3.05) is 4.90 Å². The van der Waals surface area contributed by atoms with E-state index in [9.17, 15) is 0 Å². The van der Waals surface area contributed by atoms with E-state index in [0.717, 1.165) is 68.0 Å². The van der Waals surface area contributed by atoms with E-state index in [4.69, 9.17) is 9.97 Å². The van der Waals surface area contributed by atoms with Crippen LogP contribution in [-0.2, 0) is 5.41 Å². The van der Waals surface area contributed by atoms with E-state index in [1.165, 1.54) is 55.4 Å². The van der Waals surface area contributed by atoms with Crippen LogP contribution in [0.4, 0.5) is 11.4 Å². The summed E-state index contributed by atoms with van der Waals surface area (Å²) in [6.07, 6.45) is 10.7. The molecular formula is C65H48N6. The van der Waals surface area contributed by atoms with Gasteiger partial charge in [-0.25, -0.2) is 9.97 Å². The van der Waals surface area contributed by atoms with Crippen LogP contribution >= 0.6 is 0 Å². The summed E-state index contributed by atoms with van der Waals surface area (Å²) in [6.45, 7) is 4.87. The van der Waals surface area contributed by atoms with Crippen LogP contribution in [0.2, 0.25) is 0 Å². The van der Waals surface area contributed by atoms with Crippen molar-refractivity contribution >= 4 is 67.5 Å². The lowest BCUT2D eigenvalue weighted by Gasteiger charge is -2.29. The first-order valence-corrected chi connectivity index (χ1v) is 24.9. The molecule has 3 unspecified atom stereocenters. The fraction of sp³-hybridized carbons (Fsp3) is 0.108. The SMILES string of the molecule is CC1(C)c2cc3c(cc2C2C=c4nc(-c5ccc6c(c5)c5ccccc5n6-c5ccccc5)n(-c5ccccc5)c4=CC21)nc(C1=CCC2C(=C1)c1ccccc1N2c1ccccc1)n3-c1ccccc1. The van der Waals surface area contributed by atoms with E-state index >= 15 is 0 Å². The molecule has 0 radical (unpaired) electrons. The van der Waals surface area contributed by atoms with Gasteiger partial charge in [-0.1, -0.05) is 135 Å². The van der Waals surface area contributed by atoms with Crippen molar-refractivity contribution in [3.05, 3.63) is 246 Å². The lowest BCUT2D eigenvalue weighted by Crippen LogP contribution is -2.38. The number of benzene rings is 8. The molecule has 6 nitrogen and oxygen atoms in total. The van der Waals surface area contributed by atoms with E-state index in [0.29, 0.717) is 0 Å². The van der Waals surface area contributed by atoms with E-state index in [-0.39, 0.29) is 23.3 Å². The van der Waals surface area contributed by atoms with Crippen molar-refractivity contribution in [1.29, 1.82) is 0 Å². The summed E-state index contributed by atoms with van der Waals surface area (Å²) >= 11 is 0. The molecule has 0 amide bonds. The van der Waals surface area contributed by atoms with E-state index < -0.39 is 0 Å². The first-order valence-electron chi connectivity index (χ1n) is 24.9. The molecule has 0 saturated heterocycles. The van der Waals surface area contributed by atoms with Gasteiger partial charge in [-0.3, -0.25) is 9.13 Å². The molecule has 4 aliphatic rings. The molecule has 338 valence electrons. The molecule has 11 aromatic rings. The second kappa shape index (κ2) is 15.1. The number of imidazole rings is 2. The second-order valence-electron chi connectivity index (χ2n) is 20.2. The van der Waals surface area contributed by atoms with Crippen molar-refractivity contribution in [1.82, 2.24) is 23.7 Å². The summed E-state index contributed by atoms with van der Waals surface area (Å²) in [7, 11) is 0. The normalized spacial score (nSPS) is 18.3. The Hall–Kier alpha value is -8.74. The predicted molar refractivity (Wildman–Crippen MR) is 291 cm³/mol. The Kier molecular flexibility index (Phi) is 8.56. The molecule has 3 aromatic heterocycles. The zero-order valence-corrected chi connectivity index (χ0v) is 39.5. The summed E-state index contributed by atoms with van der Waals surface area (Å²) in [6, 6.07) is 72.6. The van der Waals surface area contributed by atoms with Gasteiger partial charge in [-0.15, -0.1) is 0 Å². The minimum absolute atomic E-state index is 0.135. The van der Waals surface area contributed by atoms with Gasteiger partial charge in [0.25, 0.3) is 0 Å². The van der Waals surface area contributed by atoms with Gasteiger partial charge in [0, 0.05) is 61.8 Å². The summed E-state index contributed by atoms with van der Waals surface area (Å²) in [5.41, 5.74) is 17.7. The van der Waals surface area contributed by atoms with Gasteiger partial charge < -0.3 is 9.47 Å². The van der Waals surface area contributed by atoms with Gasteiger partial charge in [0.15, 0.2) is 0 Å². The highest BCUT2D eigenvalue weighted by Crippen LogP contribution is 2.54. The van der Waals surface area contributed by atoms with Crippen LogP contribution in [0.3, 0.4) is 0 Å². The van der Waals surface area contributed by atoms with E-state index in [1.54, 1.807) is 0 Å². The maximum absolute atomic E-state index is 5.62. The Bertz CT molecular complexity index is 4170. The maximum Gasteiger partial charge on any atom is 0.145 e. The molecular weight excluding hydrogens is 865 g/mol. The average Bonchev–Trinajstić information content (AvgIpc) is 4.21. The van der Waals surface area contributed by atoms with Gasteiger partial charge in [0.2, 0.25) is 0 Å². The number of rotatable bonds is 6. The molecule has 0 saturated carbocycles. The number of hydrogen-bond donors (Lipinski definition) is 0. The van der Waals surface area contributed by atoms with E-state index in [2.05, 4.69) is 257 Å². The Morgan fingerprint density at radius 3 is 1.90 bits per heavy atom. The molecule has 6 heteroatoms. The first-order chi connectivity index (χ1) is 35.0. The standard InChI is InChI=1S/C65H48N6/c1-65(2)53-39-61-55(66-63(70(61)45-23-11-5-12-24-45)41-31-33-59-51(35-41)47-27-15-17-29-57(47)68(59)43-19-7-3-8-20-43)37-49(53)50-38-56-62(40-54(50)65)71(46-25-13-6-14-26-46)64(67-56)42-32-34-60-52(36-42)48-28-16-18-30-58(48)69(60)44-21-9-4-10-22-44/h3-33,35-40,49,53,60H,34H2,1-2H3. The lowest BCUT2D eigenvalue weighted by atomic mass is 9.74. The number of allylic oxidation sites excluding steroid dienone is 2. The average molecular weight is 913 g/mol. The monoisotopic (exact) mass is 912 g/mol. The highest BCUT2D eigenvalue weighted by Gasteiger charge is 2.46. The van der Waals surface area contributed by atoms with Crippen LogP contribution in [0.15, 0.2) is 212 Å². The Balaban J connectivity index is 0.884. The molecule has 3 atom stereocenters. The molecule has 0 N–H and O–H groups in total. The van der Waals surface area contributed by atoms with Crippen LogP contribution < -0.4 is 15.6 Å². The third-order valence-corrected chi connectivity index (χ3v) is 16.0. The fourth-order valence-electron chi connectivity index (χ4n) is 12.8. The fourth-order valence-corrected chi connectivity index (χ4v) is 12.8. The molecule has 15 rings (SSSR count). The molecule has 4 heterocycles. The highest BCUT2D eigenvalue weighted by molar-refractivity contribution is 6.10. The van der Waals surface area contributed by atoms with Gasteiger partial charge in [0.1, 0.15) is 11.6 Å². The number of anilines is 2. The zero-order chi connectivity index (χ0) is 47.0. The Labute approximate surface area is 411 Å². The van der Waals surface area contributed by atoms with Crippen molar-refractivity contribution in [3.8, 4) is 28.5 Å². The van der Waals surface area contributed by atoms with Crippen LogP contribution in [0.25, 0.3) is 84.6 Å². The van der Waals surface area contributed by atoms with Crippen LogP contribution in [-0.4, -0.2) is 29.7 Å². The third-order valence-electron chi connectivity index (χ3n) is 16.0. The molecule has 1 aliphatic heterocycles. The Morgan fingerprint density at radius 2 is 1.15 bits per heavy atom. The number of fused-ring (bicyclic) bond motifs is 11. The van der Waals surface area contributed by atoms with Crippen LogP contribution in [0.1, 0.15) is 48.7 Å². The van der Waals surface area contributed by atoms with Gasteiger partial charge in [-0.2, -0.15) is 0 Å². The van der Waals surface area contributed by atoms with Gasteiger partial charge in [0.05, 0.1) is 38.8 Å². The van der Waals surface area contributed by atoms with Crippen molar-refractivity contribution in [3.63, 3.8) is 0 Å². The van der Waals surface area contributed by atoms with Crippen LogP contribution in [0.5, 0.6) is 0 Å². The molecule has 8 aromatic carbocycles. The number of nitrogens with zero attached hydrogens (tertiary/aromatic N) is 6. The van der Waals surface area contributed by atoms with Crippen molar-refractivity contribution < 1.29 is 0 Å². The first kappa shape index (κ1) is 40.2. The smallest absolute Gasteiger partial charge is 0.145 e. The van der Waals surface area contributed by atoms with Gasteiger partial charge >= 0.3 is 0 Å². The summed E-state index contributed by atoms with van der Waals surface area (Å²) in [4.78, 5) is 13.7. The van der Waals surface area contributed by atoms with Crippen molar-refractivity contribution in [2.45, 2.75) is 37.6 Å². The summed E-state index contributed by atoms with van der Waals surface area (Å²) in [5.74, 6) is 2.26. The molecule has 0 spiro atoms. The molecule has 71 heavy (non-hydrogen) atoms. The van der Waals surface area contributed by atoms with Crippen molar-refractivity contribution in [2.24, 2.45) is 5.92 Å². The molecule has 3 aliphatic carbocycles. The Morgan fingerprint density at radius 1 is 0.521 bits per heavy atom. The second-order valence-corrected chi connectivity index (χ2v) is 20.2. The third kappa shape index (κ3) is 5.88. The number of hydrogen-bond acceptors (Lipinski definition) is 3. The topological polar surface area (TPSA) is 43.8 Å². The minimum atomic E-state index is -0.188. The van der Waals surface area contributed by atoms with E-state index in [1.807, 2.05) is 0 Å². The number of aromatic nitrogens is 5. The lowest BCUT2D eigenvalue weighted by molar-refractivity contribution is 0.421. The minimum Gasteiger partial charge on any atom is -0.333 e. The molecule has 0 bridgehead atoms. The van der Waals surface area contributed by atoms with Crippen LogP contribution in [0, 0.1) is 5.92 Å². The highest BCUT2D eigenvalue weighted by atomic mass is 15.2. The summed E-state index contributed by atoms with van der Waals surface area (Å²) < 4.78 is 7.17. The quantitative estimate of drug-likeness (QED) is 0.167. The molecule has 0 fully saturated rings. The summed E-state index contributed by atoms with van der Waals surface area (Å²) in [5, 5.41) is 4.60. The predicted octanol–water partition coefficient (Wildman–Crippen LogP) is 13.6. The largest absolute Gasteiger partial charge is 0.333 e. The zero-order valence-electron chi connectivity index (χ0n) is 39.5.